The highest BCUT2D eigenvalue weighted by Gasteiger charge is 2.34. The van der Waals surface area contributed by atoms with E-state index in [1.165, 1.54) is 17.7 Å². The first kappa shape index (κ1) is 21.5. The SMILES string of the molecule is CC(C)=CCN(C)C1CCCCC1N(C)C(=O)c1ccc(C(F)(F)F)cc1. The van der Waals surface area contributed by atoms with E-state index >= 15 is 0 Å². The van der Waals surface area contributed by atoms with Gasteiger partial charge in [-0.3, -0.25) is 9.69 Å². The van der Waals surface area contributed by atoms with Crippen LogP contribution in [0.1, 0.15) is 55.5 Å². The molecule has 2 rings (SSSR count). The van der Waals surface area contributed by atoms with Crippen molar-refractivity contribution in [1.82, 2.24) is 9.80 Å². The van der Waals surface area contributed by atoms with Crippen LogP contribution in [0.15, 0.2) is 35.9 Å². The third-order valence-corrected chi connectivity index (χ3v) is 5.32. The molecular formula is C21H29F3N2O. The molecule has 0 aromatic heterocycles. The summed E-state index contributed by atoms with van der Waals surface area (Å²) >= 11 is 0. The van der Waals surface area contributed by atoms with E-state index in [0.29, 0.717) is 5.56 Å². The molecule has 0 saturated heterocycles. The van der Waals surface area contributed by atoms with Gasteiger partial charge in [0.1, 0.15) is 0 Å². The minimum Gasteiger partial charge on any atom is -0.337 e. The molecule has 1 aromatic rings. The molecule has 1 aromatic carbocycles. The number of halogens is 3. The highest BCUT2D eigenvalue weighted by molar-refractivity contribution is 5.94. The van der Waals surface area contributed by atoms with E-state index in [2.05, 4.69) is 31.9 Å². The lowest BCUT2D eigenvalue weighted by Gasteiger charge is -2.42. The molecule has 0 radical (unpaired) electrons. The monoisotopic (exact) mass is 382 g/mol. The van der Waals surface area contributed by atoms with Gasteiger partial charge in [-0.2, -0.15) is 13.2 Å². The molecule has 3 nitrogen and oxygen atoms in total. The Morgan fingerprint density at radius 2 is 1.63 bits per heavy atom. The second kappa shape index (κ2) is 8.91. The number of hydrogen-bond donors (Lipinski definition) is 0. The van der Waals surface area contributed by atoms with E-state index in [0.717, 1.165) is 44.4 Å². The number of carbonyl (C=O) groups is 1. The Bertz CT molecular complexity index is 663. The van der Waals surface area contributed by atoms with Crippen LogP contribution in [-0.2, 0) is 6.18 Å². The minimum atomic E-state index is -4.39. The lowest BCUT2D eigenvalue weighted by Crippen LogP contribution is -2.52. The molecule has 1 aliphatic rings. The first-order valence-corrected chi connectivity index (χ1v) is 9.39. The number of carbonyl (C=O) groups excluding carboxylic acids is 1. The number of benzene rings is 1. The molecule has 27 heavy (non-hydrogen) atoms. The van der Waals surface area contributed by atoms with Gasteiger partial charge < -0.3 is 4.90 Å². The van der Waals surface area contributed by atoms with Crippen molar-refractivity contribution in [3.8, 4) is 0 Å². The Balaban J connectivity index is 2.14. The Labute approximate surface area is 159 Å². The van der Waals surface area contributed by atoms with Gasteiger partial charge in [-0.15, -0.1) is 0 Å². The molecule has 1 fully saturated rings. The van der Waals surface area contributed by atoms with E-state index in [-0.39, 0.29) is 18.0 Å². The quantitative estimate of drug-likeness (QED) is 0.670. The van der Waals surface area contributed by atoms with Gasteiger partial charge >= 0.3 is 6.18 Å². The number of allylic oxidation sites excluding steroid dienone is 1. The summed E-state index contributed by atoms with van der Waals surface area (Å²) in [6.07, 6.45) is 1.89. The summed E-state index contributed by atoms with van der Waals surface area (Å²) in [5, 5.41) is 0. The second-order valence-corrected chi connectivity index (χ2v) is 7.63. The molecular weight excluding hydrogens is 353 g/mol. The van der Waals surface area contributed by atoms with Crippen LogP contribution in [0.4, 0.5) is 13.2 Å². The number of nitrogens with zero attached hydrogens (tertiary/aromatic N) is 2. The highest BCUT2D eigenvalue weighted by Crippen LogP contribution is 2.30. The predicted octanol–water partition coefficient (Wildman–Crippen LogP) is 4.99. The van der Waals surface area contributed by atoms with Gasteiger partial charge in [0.2, 0.25) is 0 Å². The molecule has 6 heteroatoms. The van der Waals surface area contributed by atoms with Gasteiger partial charge in [0.25, 0.3) is 5.91 Å². The fourth-order valence-corrected chi connectivity index (χ4v) is 3.68. The zero-order chi connectivity index (χ0) is 20.2. The average Bonchev–Trinajstić information content (AvgIpc) is 2.64. The Morgan fingerprint density at radius 3 is 2.15 bits per heavy atom. The zero-order valence-corrected chi connectivity index (χ0v) is 16.5. The van der Waals surface area contributed by atoms with Crippen LogP contribution in [0.3, 0.4) is 0 Å². The number of likely N-dealkylation sites (N-methyl/N-ethyl adjacent to an activating group) is 2. The number of alkyl halides is 3. The molecule has 1 saturated carbocycles. The van der Waals surface area contributed by atoms with E-state index in [1.807, 2.05) is 0 Å². The summed E-state index contributed by atoms with van der Waals surface area (Å²) in [5.74, 6) is -0.226. The normalized spacial score (nSPS) is 20.4. The highest BCUT2D eigenvalue weighted by atomic mass is 19.4. The smallest absolute Gasteiger partial charge is 0.337 e. The van der Waals surface area contributed by atoms with Gasteiger partial charge in [0, 0.05) is 31.2 Å². The van der Waals surface area contributed by atoms with Gasteiger partial charge in [-0.25, -0.2) is 0 Å². The van der Waals surface area contributed by atoms with Crippen molar-refractivity contribution < 1.29 is 18.0 Å². The Kier molecular flexibility index (Phi) is 7.09. The van der Waals surface area contributed by atoms with Crippen LogP contribution < -0.4 is 0 Å². The van der Waals surface area contributed by atoms with Crippen LogP contribution in [0.25, 0.3) is 0 Å². The van der Waals surface area contributed by atoms with Gasteiger partial charge in [0.15, 0.2) is 0 Å². The third kappa shape index (κ3) is 5.58. The van der Waals surface area contributed by atoms with Crippen LogP contribution in [-0.4, -0.2) is 48.4 Å². The summed E-state index contributed by atoms with van der Waals surface area (Å²) in [7, 11) is 3.83. The molecule has 150 valence electrons. The number of hydrogen-bond acceptors (Lipinski definition) is 2. The topological polar surface area (TPSA) is 23.6 Å². The van der Waals surface area contributed by atoms with E-state index in [4.69, 9.17) is 0 Å². The summed E-state index contributed by atoms with van der Waals surface area (Å²) in [6.45, 7) is 4.95. The van der Waals surface area contributed by atoms with Crippen LogP contribution >= 0.6 is 0 Å². The van der Waals surface area contributed by atoms with Gasteiger partial charge in [-0.05, 0) is 58.0 Å². The van der Waals surface area contributed by atoms with Crippen molar-refractivity contribution in [2.24, 2.45) is 0 Å². The van der Waals surface area contributed by atoms with E-state index in [9.17, 15) is 18.0 Å². The van der Waals surface area contributed by atoms with Crippen LogP contribution in [0, 0.1) is 0 Å². The van der Waals surface area contributed by atoms with Crippen molar-refractivity contribution in [2.75, 3.05) is 20.6 Å². The van der Waals surface area contributed by atoms with E-state index < -0.39 is 11.7 Å². The standard InChI is InChI=1S/C21H29F3N2O/c1-15(2)13-14-25(3)18-7-5-6-8-19(18)26(4)20(27)16-9-11-17(12-10-16)21(22,23)24/h9-13,18-19H,5-8,14H2,1-4H3. The van der Waals surface area contributed by atoms with Gasteiger partial charge in [-0.1, -0.05) is 24.5 Å². The first-order valence-electron chi connectivity index (χ1n) is 9.39. The zero-order valence-electron chi connectivity index (χ0n) is 16.5. The summed E-state index contributed by atoms with van der Waals surface area (Å²) in [6, 6.07) is 4.79. The summed E-state index contributed by atoms with van der Waals surface area (Å²) in [5.41, 5.74) is 0.809. The first-order chi connectivity index (χ1) is 12.6. The predicted molar refractivity (Wildman–Crippen MR) is 102 cm³/mol. The van der Waals surface area contributed by atoms with Crippen molar-refractivity contribution in [1.29, 1.82) is 0 Å². The Hall–Kier alpha value is -1.82. The van der Waals surface area contributed by atoms with Crippen molar-refractivity contribution in [3.63, 3.8) is 0 Å². The average molecular weight is 382 g/mol. The molecule has 0 spiro atoms. The molecule has 0 N–H and O–H groups in total. The maximum atomic E-state index is 12.9. The summed E-state index contributed by atoms with van der Waals surface area (Å²) in [4.78, 5) is 16.8. The fourth-order valence-electron chi connectivity index (χ4n) is 3.68. The second-order valence-electron chi connectivity index (χ2n) is 7.63. The molecule has 0 bridgehead atoms. The largest absolute Gasteiger partial charge is 0.416 e. The molecule has 1 aliphatic carbocycles. The number of rotatable bonds is 5. The minimum absolute atomic E-state index is 0.0594. The van der Waals surface area contributed by atoms with Crippen molar-refractivity contribution >= 4 is 5.91 Å². The number of amides is 1. The Morgan fingerprint density at radius 1 is 1.07 bits per heavy atom. The molecule has 0 heterocycles. The fraction of sp³-hybridized carbons (Fsp3) is 0.571. The van der Waals surface area contributed by atoms with Crippen LogP contribution in [0.5, 0.6) is 0 Å². The summed E-state index contributed by atoms with van der Waals surface area (Å²) < 4.78 is 38.2. The lowest BCUT2D eigenvalue weighted by atomic mass is 9.88. The van der Waals surface area contributed by atoms with Crippen molar-refractivity contribution in [3.05, 3.63) is 47.0 Å². The third-order valence-electron chi connectivity index (χ3n) is 5.32. The molecule has 0 aliphatic heterocycles. The molecule has 2 unspecified atom stereocenters. The maximum Gasteiger partial charge on any atom is 0.416 e. The van der Waals surface area contributed by atoms with Gasteiger partial charge in [0.05, 0.1) is 5.56 Å². The van der Waals surface area contributed by atoms with Crippen LogP contribution in [0.2, 0.25) is 0 Å². The molecule has 1 amide bonds. The van der Waals surface area contributed by atoms with E-state index in [1.54, 1.807) is 11.9 Å². The lowest BCUT2D eigenvalue weighted by molar-refractivity contribution is -0.137. The maximum absolute atomic E-state index is 12.9. The molecule has 2 atom stereocenters. The van der Waals surface area contributed by atoms with Crippen molar-refractivity contribution in [2.45, 2.75) is 57.8 Å².